The molecule has 0 atom stereocenters. The Morgan fingerprint density at radius 2 is 2.15 bits per heavy atom. The van der Waals surface area contributed by atoms with Gasteiger partial charge in [-0.2, -0.15) is 0 Å². The summed E-state index contributed by atoms with van der Waals surface area (Å²) < 4.78 is 5.30. The highest BCUT2D eigenvalue weighted by molar-refractivity contribution is 14.0. The molecule has 0 unspecified atom stereocenters. The first kappa shape index (κ1) is 19.2. The van der Waals surface area contributed by atoms with Gasteiger partial charge in [0, 0.05) is 32.2 Å². The van der Waals surface area contributed by atoms with Crippen LogP contribution in [0.25, 0.3) is 11.6 Å². The number of halogens is 1. The minimum absolute atomic E-state index is 0. The molecule has 2 aromatic rings. The second-order valence-electron chi connectivity index (χ2n) is 6.69. The predicted molar refractivity (Wildman–Crippen MR) is 110 cm³/mol. The summed E-state index contributed by atoms with van der Waals surface area (Å²) in [6.07, 6.45) is 6.73. The molecule has 0 bridgehead atoms. The van der Waals surface area contributed by atoms with Crippen molar-refractivity contribution in [3.63, 3.8) is 0 Å². The fourth-order valence-electron chi connectivity index (χ4n) is 3.29. The summed E-state index contributed by atoms with van der Waals surface area (Å²) in [4.78, 5) is 11.4. The van der Waals surface area contributed by atoms with Gasteiger partial charge in [-0.25, -0.2) is 4.98 Å². The van der Waals surface area contributed by atoms with E-state index in [0.29, 0.717) is 24.2 Å². The standard InChI is InChI=1S/C17H25N7O.HI/c1-18-17(20-12-6-8-24(9-7-12)13-4-5-13)19-11-15-21-16(23-22-15)14-3-2-10-25-14;/h2-3,10,12-13H,4-9,11H2,1H3,(H2,18,19,20)(H,21,22,23);1H. The average Bonchev–Trinajstić information content (AvgIpc) is 3.15. The summed E-state index contributed by atoms with van der Waals surface area (Å²) in [5, 5.41) is 13.9. The van der Waals surface area contributed by atoms with E-state index in [1.165, 1.54) is 38.8 Å². The molecule has 9 heteroatoms. The molecule has 0 spiro atoms. The van der Waals surface area contributed by atoms with Crippen LogP contribution in [0.4, 0.5) is 0 Å². The number of aromatic amines is 1. The number of aromatic nitrogens is 3. The highest BCUT2D eigenvalue weighted by Gasteiger charge is 2.31. The maximum absolute atomic E-state index is 5.30. The van der Waals surface area contributed by atoms with E-state index >= 15 is 0 Å². The molecule has 8 nitrogen and oxygen atoms in total. The summed E-state index contributed by atoms with van der Waals surface area (Å²) in [7, 11) is 1.79. The van der Waals surface area contributed by atoms with Crippen molar-refractivity contribution in [2.45, 2.75) is 44.3 Å². The molecule has 0 aromatic carbocycles. The van der Waals surface area contributed by atoms with Crippen LogP contribution in [0.15, 0.2) is 27.8 Å². The molecule has 3 heterocycles. The zero-order valence-corrected chi connectivity index (χ0v) is 17.3. The number of H-pyrrole nitrogens is 1. The molecule has 0 amide bonds. The first-order valence-corrected chi connectivity index (χ1v) is 8.98. The SMILES string of the molecule is CN=C(NCc1nc(-c2ccco2)n[nH]1)NC1CCN(C2CC2)CC1.I. The van der Waals surface area contributed by atoms with E-state index in [0.717, 1.165) is 17.8 Å². The molecular weight excluding hydrogens is 445 g/mol. The molecule has 2 aromatic heterocycles. The maximum atomic E-state index is 5.30. The van der Waals surface area contributed by atoms with E-state index in [-0.39, 0.29) is 24.0 Å². The van der Waals surface area contributed by atoms with Gasteiger partial charge in [-0.15, -0.1) is 29.1 Å². The number of piperidine rings is 1. The van der Waals surface area contributed by atoms with Gasteiger partial charge in [-0.1, -0.05) is 0 Å². The van der Waals surface area contributed by atoms with Gasteiger partial charge in [0.25, 0.3) is 0 Å². The van der Waals surface area contributed by atoms with Crippen molar-refractivity contribution in [1.82, 2.24) is 30.7 Å². The van der Waals surface area contributed by atoms with Crippen molar-refractivity contribution < 1.29 is 4.42 Å². The quantitative estimate of drug-likeness (QED) is 0.351. The first-order valence-electron chi connectivity index (χ1n) is 8.98. The Labute approximate surface area is 170 Å². The van der Waals surface area contributed by atoms with Gasteiger partial charge in [0.2, 0.25) is 5.82 Å². The topological polar surface area (TPSA) is 94.4 Å². The van der Waals surface area contributed by atoms with Crippen LogP contribution in [0.3, 0.4) is 0 Å². The highest BCUT2D eigenvalue weighted by atomic mass is 127. The van der Waals surface area contributed by atoms with E-state index in [9.17, 15) is 0 Å². The molecule has 2 fully saturated rings. The van der Waals surface area contributed by atoms with Crippen molar-refractivity contribution in [3.8, 4) is 11.6 Å². The minimum Gasteiger partial charge on any atom is -0.461 e. The van der Waals surface area contributed by atoms with E-state index in [2.05, 4.69) is 35.7 Å². The van der Waals surface area contributed by atoms with Crippen LogP contribution < -0.4 is 10.6 Å². The Hall–Kier alpha value is -1.62. The van der Waals surface area contributed by atoms with E-state index in [4.69, 9.17) is 4.42 Å². The lowest BCUT2D eigenvalue weighted by molar-refractivity contribution is 0.197. The van der Waals surface area contributed by atoms with E-state index in [1.54, 1.807) is 13.3 Å². The third-order valence-electron chi connectivity index (χ3n) is 4.85. The van der Waals surface area contributed by atoms with Gasteiger partial charge >= 0.3 is 0 Å². The average molecular weight is 471 g/mol. The van der Waals surface area contributed by atoms with Crippen molar-refractivity contribution in [3.05, 3.63) is 24.2 Å². The largest absolute Gasteiger partial charge is 0.461 e. The zero-order chi connectivity index (χ0) is 17.1. The van der Waals surface area contributed by atoms with E-state index < -0.39 is 0 Å². The Kier molecular flexibility index (Phi) is 6.52. The van der Waals surface area contributed by atoms with Crippen molar-refractivity contribution in [2.24, 2.45) is 4.99 Å². The van der Waals surface area contributed by atoms with Crippen LogP contribution in [-0.2, 0) is 6.54 Å². The van der Waals surface area contributed by atoms with Crippen molar-refractivity contribution in [1.29, 1.82) is 0 Å². The lowest BCUT2D eigenvalue weighted by Crippen LogP contribution is -2.48. The van der Waals surface area contributed by atoms with Crippen LogP contribution in [0.2, 0.25) is 0 Å². The van der Waals surface area contributed by atoms with E-state index in [1.807, 2.05) is 12.1 Å². The summed E-state index contributed by atoms with van der Waals surface area (Å²) in [6.45, 7) is 2.91. The monoisotopic (exact) mass is 471 g/mol. The number of hydrogen-bond acceptors (Lipinski definition) is 5. The molecular formula is C17H26IN7O. The number of guanidine groups is 1. The molecule has 2 aliphatic rings. The highest BCUT2D eigenvalue weighted by Crippen LogP contribution is 2.29. The maximum Gasteiger partial charge on any atom is 0.216 e. The van der Waals surface area contributed by atoms with Gasteiger partial charge in [-0.05, 0) is 37.8 Å². The fourth-order valence-corrected chi connectivity index (χ4v) is 3.29. The predicted octanol–water partition coefficient (Wildman–Crippen LogP) is 1.97. The van der Waals surface area contributed by atoms with Gasteiger partial charge in [0.1, 0.15) is 5.82 Å². The number of nitrogens with one attached hydrogen (secondary N) is 3. The van der Waals surface area contributed by atoms with Crippen LogP contribution in [0.1, 0.15) is 31.5 Å². The molecule has 142 valence electrons. The lowest BCUT2D eigenvalue weighted by atomic mass is 10.1. The van der Waals surface area contributed by atoms with Crippen molar-refractivity contribution >= 4 is 29.9 Å². The van der Waals surface area contributed by atoms with Crippen molar-refractivity contribution in [2.75, 3.05) is 20.1 Å². The fraction of sp³-hybridized carbons (Fsp3) is 0.588. The molecule has 3 N–H and O–H groups in total. The van der Waals surface area contributed by atoms with Gasteiger partial charge in [0.15, 0.2) is 11.7 Å². The number of likely N-dealkylation sites (tertiary alicyclic amines) is 1. The molecule has 0 radical (unpaired) electrons. The Bertz CT molecular complexity index is 703. The zero-order valence-electron chi connectivity index (χ0n) is 14.9. The van der Waals surface area contributed by atoms with Gasteiger partial charge in [0.05, 0.1) is 12.8 Å². The summed E-state index contributed by atoms with van der Waals surface area (Å²) in [5.41, 5.74) is 0. The Morgan fingerprint density at radius 1 is 1.35 bits per heavy atom. The van der Waals surface area contributed by atoms with Gasteiger partial charge in [-0.3, -0.25) is 10.1 Å². The molecule has 1 aliphatic carbocycles. The number of aliphatic imine (C=N–C) groups is 1. The smallest absolute Gasteiger partial charge is 0.216 e. The number of nitrogens with zero attached hydrogens (tertiary/aromatic N) is 4. The van der Waals surface area contributed by atoms with Crippen LogP contribution in [0, 0.1) is 0 Å². The summed E-state index contributed by atoms with van der Waals surface area (Å²) >= 11 is 0. The van der Waals surface area contributed by atoms with Crippen LogP contribution in [-0.4, -0.2) is 58.3 Å². The molecule has 26 heavy (non-hydrogen) atoms. The first-order chi connectivity index (χ1) is 12.3. The summed E-state index contributed by atoms with van der Waals surface area (Å²) in [5.74, 6) is 2.78. The normalized spacial score (nSPS) is 19.2. The third-order valence-corrected chi connectivity index (χ3v) is 4.85. The number of hydrogen-bond donors (Lipinski definition) is 3. The third kappa shape index (κ3) is 4.76. The molecule has 1 saturated heterocycles. The molecule has 1 saturated carbocycles. The number of rotatable bonds is 5. The minimum atomic E-state index is 0. The second-order valence-corrected chi connectivity index (χ2v) is 6.69. The molecule has 1 aliphatic heterocycles. The Morgan fingerprint density at radius 3 is 2.81 bits per heavy atom. The molecule has 4 rings (SSSR count). The summed E-state index contributed by atoms with van der Waals surface area (Å²) in [6, 6.07) is 5.02. The van der Waals surface area contributed by atoms with Crippen LogP contribution in [0.5, 0.6) is 0 Å². The lowest BCUT2D eigenvalue weighted by Gasteiger charge is -2.33. The Balaban J connectivity index is 0.00000196. The van der Waals surface area contributed by atoms with Gasteiger partial charge < -0.3 is 20.0 Å². The number of furan rings is 1. The second kappa shape index (κ2) is 8.85. The van der Waals surface area contributed by atoms with Crippen LogP contribution >= 0.6 is 24.0 Å².